The summed E-state index contributed by atoms with van der Waals surface area (Å²) in [6.07, 6.45) is 1.17. The molecule has 0 spiro atoms. The maximum Gasteiger partial charge on any atom is 0.223 e. The maximum absolute atomic E-state index is 13.1. The van der Waals surface area contributed by atoms with Gasteiger partial charge < -0.3 is 10.0 Å². The Morgan fingerprint density at radius 3 is 2.83 bits per heavy atom. The molecule has 0 bridgehead atoms. The summed E-state index contributed by atoms with van der Waals surface area (Å²) in [7, 11) is 0. The van der Waals surface area contributed by atoms with Gasteiger partial charge in [0.1, 0.15) is 11.6 Å². The fraction of sp³-hybridized carbons (Fsp3) is 0.385. The molecule has 18 heavy (non-hydrogen) atoms. The van der Waals surface area contributed by atoms with E-state index < -0.39 is 17.6 Å². The molecule has 0 saturated carbocycles. The third-order valence-electron chi connectivity index (χ3n) is 3.18. The summed E-state index contributed by atoms with van der Waals surface area (Å²) in [6.45, 7) is 2.12. The molecular formula is C13H14FNO3. The van der Waals surface area contributed by atoms with Gasteiger partial charge in [-0.25, -0.2) is 4.39 Å². The molecule has 1 unspecified atom stereocenters. The van der Waals surface area contributed by atoms with Crippen molar-refractivity contribution in [2.45, 2.75) is 25.8 Å². The Labute approximate surface area is 104 Å². The molecule has 1 N–H and O–H groups in total. The minimum absolute atomic E-state index is 0.0771. The zero-order chi connectivity index (χ0) is 13.3. The Hall–Kier alpha value is -1.91. The molecule has 1 saturated heterocycles. The summed E-state index contributed by atoms with van der Waals surface area (Å²) < 4.78 is 13.1. The number of aromatic hydroxyl groups is 1. The minimum Gasteiger partial charge on any atom is -0.507 e. The van der Waals surface area contributed by atoms with Crippen molar-refractivity contribution in [2.24, 2.45) is 0 Å². The SMILES string of the molecule is CC(C(=O)c1cc(F)ccc1O)N1CCCC1=O. The van der Waals surface area contributed by atoms with Crippen LogP contribution >= 0.6 is 0 Å². The molecule has 1 atom stereocenters. The van der Waals surface area contributed by atoms with Gasteiger partial charge >= 0.3 is 0 Å². The zero-order valence-electron chi connectivity index (χ0n) is 10.0. The van der Waals surface area contributed by atoms with Crippen LogP contribution in [0.4, 0.5) is 4.39 Å². The van der Waals surface area contributed by atoms with E-state index in [9.17, 15) is 19.1 Å². The van der Waals surface area contributed by atoms with Gasteiger partial charge in [-0.1, -0.05) is 0 Å². The number of rotatable bonds is 3. The second-order valence-corrected chi connectivity index (χ2v) is 4.39. The highest BCUT2D eigenvalue weighted by molar-refractivity contribution is 6.03. The molecule has 1 fully saturated rings. The Kier molecular flexibility index (Phi) is 3.32. The highest BCUT2D eigenvalue weighted by atomic mass is 19.1. The van der Waals surface area contributed by atoms with Crippen molar-refractivity contribution in [1.82, 2.24) is 4.90 Å². The fourth-order valence-electron chi connectivity index (χ4n) is 2.15. The van der Waals surface area contributed by atoms with Crippen LogP contribution in [0.15, 0.2) is 18.2 Å². The van der Waals surface area contributed by atoms with E-state index in [0.717, 1.165) is 24.6 Å². The Morgan fingerprint density at radius 1 is 1.50 bits per heavy atom. The number of benzene rings is 1. The molecule has 0 aromatic heterocycles. The Morgan fingerprint density at radius 2 is 2.22 bits per heavy atom. The molecule has 96 valence electrons. The van der Waals surface area contributed by atoms with Crippen molar-refractivity contribution in [3.05, 3.63) is 29.6 Å². The van der Waals surface area contributed by atoms with Crippen LogP contribution in [0.2, 0.25) is 0 Å². The largest absolute Gasteiger partial charge is 0.507 e. The molecule has 1 aliphatic rings. The smallest absolute Gasteiger partial charge is 0.223 e. The van der Waals surface area contributed by atoms with E-state index in [0.29, 0.717) is 13.0 Å². The quantitative estimate of drug-likeness (QED) is 0.832. The van der Waals surface area contributed by atoms with E-state index in [4.69, 9.17) is 0 Å². The van der Waals surface area contributed by atoms with Crippen LogP contribution < -0.4 is 0 Å². The predicted molar refractivity (Wildman–Crippen MR) is 62.8 cm³/mol. The van der Waals surface area contributed by atoms with E-state index in [1.807, 2.05) is 0 Å². The second-order valence-electron chi connectivity index (χ2n) is 4.39. The average molecular weight is 251 g/mol. The molecule has 2 rings (SSSR count). The average Bonchev–Trinajstić information content (AvgIpc) is 2.77. The number of carbonyl (C=O) groups excluding carboxylic acids is 2. The summed E-state index contributed by atoms with van der Waals surface area (Å²) in [5.74, 6) is -1.37. The molecule has 1 heterocycles. The molecule has 4 nitrogen and oxygen atoms in total. The molecule has 1 amide bonds. The number of Topliss-reactive ketones (excluding diaryl/α,β-unsaturated/α-hetero) is 1. The van der Waals surface area contributed by atoms with Crippen LogP contribution in [0.25, 0.3) is 0 Å². The molecule has 1 aromatic carbocycles. The number of ketones is 1. The second kappa shape index (κ2) is 4.76. The van der Waals surface area contributed by atoms with Gasteiger partial charge in [-0.05, 0) is 31.5 Å². The third kappa shape index (κ3) is 2.20. The van der Waals surface area contributed by atoms with Gasteiger partial charge in [-0.15, -0.1) is 0 Å². The molecule has 0 aliphatic carbocycles. The van der Waals surface area contributed by atoms with Gasteiger partial charge in [0.25, 0.3) is 0 Å². The number of hydrogen-bond acceptors (Lipinski definition) is 3. The van der Waals surface area contributed by atoms with E-state index in [1.165, 1.54) is 4.90 Å². The standard InChI is InChI=1S/C13H14FNO3/c1-8(15-6-2-3-12(15)17)13(18)10-7-9(14)4-5-11(10)16/h4-5,7-8,16H,2-3,6H2,1H3. The van der Waals surface area contributed by atoms with E-state index in [1.54, 1.807) is 6.92 Å². The molecular weight excluding hydrogens is 237 g/mol. The monoisotopic (exact) mass is 251 g/mol. The summed E-state index contributed by atoms with van der Waals surface area (Å²) >= 11 is 0. The van der Waals surface area contributed by atoms with Crippen molar-refractivity contribution in [1.29, 1.82) is 0 Å². The number of phenols is 1. The lowest BCUT2D eigenvalue weighted by Gasteiger charge is -2.23. The summed E-state index contributed by atoms with van der Waals surface area (Å²) in [4.78, 5) is 25.1. The highest BCUT2D eigenvalue weighted by Gasteiger charge is 2.31. The van der Waals surface area contributed by atoms with Crippen molar-refractivity contribution in [3.63, 3.8) is 0 Å². The third-order valence-corrected chi connectivity index (χ3v) is 3.18. The van der Waals surface area contributed by atoms with Crippen LogP contribution in [0, 0.1) is 5.82 Å². The molecule has 5 heteroatoms. The first-order valence-electron chi connectivity index (χ1n) is 5.83. The molecule has 1 aliphatic heterocycles. The Balaban J connectivity index is 2.25. The van der Waals surface area contributed by atoms with Crippen LogP contribution in [0.1, 0.15) is 30.1 Å². The van der Waals surface area contributed by atoms with E-state index in [-0.39, 0.29) is 17.2 Å². The maximum atomic E-state index is 13.1. The lowest BCUT2D eigenvalue weighted by molar-refractivity contribution is -0.128. The van der Waals surface area contributed by atoms with E-state index in [2.05, 4.69) is 0 Å². The number of likely N-dealkylation sites (tertiary alicyclic amines) is 1. The van der Waals surface area contributed by atoms with Crippen LogP contribution in [-0.4, -0.2) is 34.3 Å². The summed E-state index contributed by atoms with van der Waals surface area (Å²) in [5, 5.41) is 9.57. The van der Waals surface area contributed by atoms with Crippen LogP contribution in [-0.2, 0) is 4.79 Å². The lowest BCUT2D eigenvalue weighted by atomic mass is 10.0. The first-order chi connectivity index (χ1) is 8.50. The number of nitrogens with zero attached hydrogens (tertiary/aromatic N) is 1. The van der Waals surface area contributed by atoms with Crippen LogP contribution in [0.3, 0.4) is 0 Å². The predicted octanol–water partition coefficient (Wildman–Crippen LogP) is 1.72. The molecule has 1 aromatic rings. The highest BCUT2D eigenvalue weighted by Crippen LogP contribution is 2.23. The van der Waals surface area contributed by atoms with Gasteiger partial charge in [-0.3, -0.25) is 9.59 Å². The van der Waals surface area contributed by atoms with Gasteiger partial charge in [0.15, 0.2) is 5.78 Å². The van der Waals surface area contributed by atoms with Crippen LogP contribution in [0.5, 0.6) is 5.75 Å². The number of phenolic OH excluding ortho intramolecular Hbond substituents is 1. The first kappa shape index (κ1) is 12.5. The van der Waals surface area contributed by atoms with Crippen molar-refractivity contribution in [3.8, 4) is 5.75 Å². The lowest BCUT2D eigenvalue weighted by Crippen LogP contribution is -2.39. The van der Waals surface area contributed by atoms with Crippen molar-refractivity contribution in [2.75, 3.05) is 6.54 Å². The Bertz CT molecular complexity index is 501. The van der Waals surface area contributed by atoms with Crippen molar-refractivity contribution >= 4 is 11.7 Å². The topological polar surface area (TPSA) is 57.6 Å². The summed E-state index contributed by atoms with van der Waals surface area (Å²) in [5.41, 5.74) is -0.0813. The number of carbonyl (C=O) groups is 2. The van der Waals surface area contributed by atoms with E-state index >= 15 is 0 Å². The number of hydrogen-bond donors (Lipinski definition) is 1. The normalized spacial score (nSPS) is 17.0. The van der Waals surface area contributed by atoms with Gasteiger partial charge in [-0.2, -0.15) is 0 Å². The van der Waals surface area contributed by atoms with Gasteiger partial charge in [0, 0.05) is 13.0 Å². The van der Waals surface area contributed by atoms with Gasteiger partial charge in [0.2, 0.25) is 5.91 Å². The summed E-state index contributed by atoms with van der Waals surface area (Å²) in [6, 6.07) is 2.54. The zero-order valence-corrected chi connectivity index (χ0v) is 10.0. The first-order valence-corrected chi connectivity index (χ1v) is 5.83. The van der Waals surface area contributed by atoms with Gasteiger partial charge in [0.05, 0.1) is 11.6 Å². The fourth-order valence-corrected chi connectivity index (χ4v) is 2.15. The molecule has 0 radical (unpaired) electrons. The number of amides is 1. The van der Waals surface area contributed by atoms with Crippen molar-refractivity contribution < 1.29 is 19.1 Å². The minimum atomic E-state index is -0.673. The number of halogens is 1.